The van der Waals surface area contributed by atoms with Gasteiger partial charge in [-0.15, -0.1) is 0 Å². The van der Waals surface area contributed by atoms with Crippen molar-refractivity contribution in [3.8, 4) is 0 Å². The van der Waals surface area contributed by atoms with Crippen molar-refractivity contribution >= 4 is 46.3 Å². The number of urea groups is 1. The minimum atomic E-state index is -1.08. The summed E-state index contributed by atoms with van der Waals surface area (Å²) < 4.78 is 0. The van der Waals surface area contributed by atoms with Gasteiger partial charge in [-0.2, -0.15) is 0 Å². The van der Waals surface area contributed by atoms with Crippen LogP contribution in [-0.2, 0) is 22.4 Å². The van der Waals surface area contributed by atoms with Crippen LogP contribution in [0.1, 0.15) is 38.8 Å². The van der Waals surface area contributed by atoms with E-state index >= 15 is 0 Å². The van der Waals surface area contributed by atoms with Gasteiger partial charge in [0.25, 0.3) is 17.5 Å². The number of carbonyl (C=O) groups excluding carboxylic acids is 5. The summed E-state index contributed by atoms with van der Waals surface area (Å²) in [6.45, 7) is 1.92. The van der Waals surface area contributed by atoms with Gasteiger partial charge in [0.1, 0.15) is 6.04 Å². The van der Waals surface area contributed by atoms with Gasteiger partial charge in [-0.25, -0.2) is 4.79 Å². The van der Waals surface area contributed by atoms with Gasteiger partial charge in [0.2, 0.25) is 5.91 Å². The SMILES string of the molecule is CC(=O)SCCN(CCc1ccccc1)C(=O)NC(Cc1ccc([N+](=O)[O-])cc1)C(=O)NCCN1C(=O)c2ccccc2C1=O. The fourth-order valence-electron chi connectivity index (χ4n) is 4.82. The average molecular weight is 632 g/mol. The number of benzene rings is 3. The molecule has 12 nitrogen and oxygen atoms in total. The number of hydrogen-bond donors (Lipinski definition) is 2. The quantitative estimate of drug-likeness (QED) is 0.156. The first-order chi connectivity index (χ1) is 21.6. The second-order valence-electron chi connectivity index (χ2n) is 10.3. The number of hydrogen-bond acceptors (Lipinski definition) is 8. The van der Waals surface area contributed by atoms with Crippen molar-refractivity contribution in [3.05, 3.63) is 111 Å². The Morgan fingerprint density at radius 3 is 2.11 bits per heavy atom. The highest BCUT2D eigenvalue weighted by Gasteiger charge is 2.35. The molecule has 1 unspecified atom stereocenters. The molecule has 1 aliphatic rings. The Balaban J connectivity index is 1.45. The fourth-order valence-corrected chi connectivity index (χ4v) is 5.42. The molecule has 0 aliphatic carbocycles. The van der Waals surface area contributed by atoms with Crippen LogP contribution in [0, 0.1) is 10.1 Å². The van der Waals surface area contributed by atoms with Gasteiger partial charge in [0.15, 0.2) is 5.12 Å². The third kappa shape index (κ3) is 8.99. The van der Waals surface area contributed by atoms with E-state index < -0.39 is 34.7 Å². The number of nitrogens with zero attached hydrogens (tertiary/aromatic N) is 3. The van der Waals surface area contributed by atoms with Crippen LogP contribution in [-0.4, -0.2) is 81.6 Å². The van der Waals surface area contributed by atoms with Crippen LogP contribution >= 0.6 is 11.8 Å². The Bertz CT molecular complexity index is 1530. The van der Waals surface area contributed by atoms with E-state index in [2.05, 4.69) is 10.6 Å². The zero-order valence-corrected chi connectivity index (χ0v) is 25.5. The standard InChI is InChI=1S/C32H33N5O7S/c1-22(38)45-20-19-35(17-15-23-7-3-2-4-8-23)32(42)34-28(21-24-11-13-25(14-12-24)37(43)44)29(39)33-16-18-36-30(40)26-9-5-6-10-27(26)31(36)41/h2-14,28H,15-21H2,1H3,(H,33,39)(H,34,42). The van der Waals surface area contributed by atoms with Crippen molar-refractivity contribution in [2.75, 3.05) is 31.9 Å². The van der Waals surface area contributed by atoms with Crippen LogP contribution < -0.4 is 10.6 Å². The van der Waals surface area contributed by atoms with E-state index in [0.29, 0.717) is 35.4 Å². The molecule has 234 valence electrons. The van der Waals surface area contributed by atoms with E-state index in [0.717, 1.165) is 22.2 Å². The molecule has 0 aromatic heterocycles. The van der Waals surface area contributed by atoms with Crippen LogP contribution in [0.3, 0.4) is 0 Å². The van der Waals surface area contributed by atoms with Crippen LogP contribution in [0.25, 0.3) is 0 Å². The smallest absolute Gasteiger partial charge is 0.318 e. The lowest BCUT2D eigenvalue weighted by Gasteiger charge is -2.26. The Hall–Kier alpha value is -5.04. The van der Waals surface area contributed by atoms with Gasteiger partial charge < -0.3 is 15.5 Å². The summed E-state index contributed by atoms with van der Waals surface area (Å²) in [5.41, 5.74) is 2.08. The lowest BCUT2D eigenvalue weighted by Crippen LogP contribution is -2.53. The molecule has 0 saturated carbocycles. The molecule has 0 bridgehead atoms. The summed E-state index contributed by atoms with van der Waals surface area (Å²) in [6, 6.07) is 20.1. The predicted octanol–water partition coefficient (Wildman–Crippen LogP) is 3.45. The molecule has 0 fully saturated rings. The zero-order valence-electron chi connectivity index (χ0n) is 24.6. The molecule has 1 aliphatic heterocycles. The van der Waals surface area contributed by atoms with Gasteiger partial charge >= 0.3 is 6.03 Å². The molecule has 1 heterocycles. The summed E-state index contributed by atoms with van der Waals surface area (Å²) in [4.78, 5) is 77.1. The van der Waals surface area contributed by atoms with Crippen molar-refractivity contribution in [1.82, 2.24) is 20.4 Å². The third-order valence-corrected chi connectivity index (χ3v) is 7.97. The molecular formula is C32H33N5O7S. The maximum absolute atomic E-state index is 13.5. The fraction of sp³-hybridized carbons (Fsp3) is 0.281. The summed E-state index contributed by atoms with van der Waals surface area (Å²) in [5.74, 6) is -1.08. The highest BCUT2D eigenvalue weighted by molar-refractivity contribution is 8.13. The van der Waals surface area contributed by atoms with E-state index in [1.54, 1.807) is 24.3 Å². The second-order valence-corrected chi connectivity index (χ2v) is 11.6. The van der Waals surface area contributed by atoms with Crippen molar-refractivity contribution in [2.45, 2.75) is 25.8 Å². The zero-order chi connectivity index (χ0) is 32.3. The summed E-state index contributed by atoms with van der Waals surface area (Å²) in [7, 11) is 0. The van der Waals surface area contributed by atoms with Gasteiger partial charge in [-0.3, -0.25) is 34.2 Å². The Kier molecular flexibility index (Phi) is 11.4. The molecule has 0 spiro atoms. The first kappa shape index (κ1) is 32.9. The third-order valence-electron chi connectivity index (χ3n) is 7.18. The van der Waals surface area contributed by atoms with Crippen molar-refractivity contribution in [3.63, 3.8) is 0 Å². The molecular weight excluding hydrogens is 598 g/mol. The molecule has 4 rings (SSSR count). The Morgan fingerprint density at radius 1 is 0.889 bits per heavy atom. The van der Waals surface area contributed by atoms with E-state index in [9.17, 15) is 34.1 Å². The number of imide groups is 1. The highest BCUT2D eigenvalue weighted by atomic mass is 32.2. The molecule has 0 saturated heterocycles. The molecule has 0 radical (unpaired) electrons. The molecule has 3 aromatic rings. The van der Waals surface area contributed by atoms with Crippen LogP contribution in [0.15, 0.2) is 78.9 Å². The van der Waals surface area contributed by atoms with Crippen molar-refractivity contribution in [2.24, 2.45) is 0 Å². The minimum absolute atomic E-state index is 0.0251. The molecule has 2 N–H and O–H groups in total. The van der Waals surface area contributed by atoms with Crippen molar-refractivity contribution in [1.29, 1.82) is 0 Å². The van der Waals surface area contributed by atoms with Gasteiger partial charge in [-0.05, 0) is 29.7 Å². The number of nitro groups is 1. The number of nitrogens with one attached hydrogen (secondary N) is 2. The Labute approximate surface area is 264 Å². The van der Waals surface area contributed by atoms with E-state index in [4.69, 9.17) is 0 Å². The maximum atomic E-state index is 13.5. The van der Waals surface area contributed by atoms with Gasteiger partial charge in [-0.1, -0.05) is 66.4 Å². The monoisotopic (exact) mass is 631 g/mol. The summed E-state index contributed by atoms with van der Waals surface area (Å²) in [6.07, 6.45) is 0.579. The number of amides is 5. The second kappa shape index (κ2) is 15.6. The average Bonchev–Trinajstić information content (AvgIpc) is 3.27. The number of nitro benzene ring substituents is 1. The number of carbonyl (C=O) groups is 5. The molecule has 5 amide bonds. The minimum Gasteiger partial charge on any atom is -0.353 e. The highest BCUT2D eigenvalue weighted by Crippen LogP contribution is 2.22. The number of rotatable bonds is 14. The van der Waals surface area contributed by atoms with Crippen molar-refractivity contribution < 1.29 is 28.9 Å². The van der Waals surface area contributed by atoms with Gasteiger partial charge in [0.05, 0.1) is 16.1 Å². The summed E-state index contributed by atoms with van der Waals surface area (Å²) in [5, 5.41) is 16.5. The van der Waals surface area contributed by atoms with Crippen LogP contribution in [0.4, 0.5) is 10.5 Å². The first-order valence-corrected chi connectivity index (χ1v) is 15.3. The van der Waals surface area contributed by atoms with E-state index in [1.165, 1.54) is 36.1 Å². The number of fused-ring (bicyclic) bond motifs is 1. The van der Waals surface area contributed by atoms with E-state index in [1.807, 2.05) is 30.3 Å². The maximum Gasteiger partial charge on any atom is 0.318 e. The Morgan fingerprint density at radius 2 is 1.51 bits per heavy atom. The molecule has 13 heteroatoms. The van der Waals surface area contributed by atoms with Gasteiger partial charge in [0, 0.05) is 57.4 Å². The molecule has 1 atom stereocenters. The first-order valence-electron chi connectivity index (χ1n) is 14.3. The molecule has 3 aromatic carbocycles. The largest absolute Gasteiger partial charge is 0.353 e. The lowest BCUT2D eigenvalue weighted by molar-refractivity contribution is -0.384. The topological polar surface area (TPSA) is 159 Å². The van der Waals surface area contributed by atoms with Crippen LogP contribution in [0.5, 0.6) is 0 Å². The summed E-state index contributed by atoms with van der Waals surface area (Å²) >= 11 is 1.09. The number of non-ortho nitro benzene ring substituents is 1. The molecule has 45 heavy (non-hydrogen) atoms. The predicted molar refractivity (Wildman–Crippen MR) is 169 cm³/mol. The normalized spacial score (nSPS) is 12.8. The van der Waals surface area contributed by atoms with Crippen LogP contribution in [0.2, 0.25) is 0 Å². The lowest BCUT2D eigenvalue weighted by atomic mass is 10.0. The number of thioether (sulfide) groups is 1. The van der Waals surface area contributed by atoms with E-state index in [-0.39, 0.29) is 36.9 Å².